The Morgan fingerprint density at radius 3 is 2.69 bits per heavy atom. The van der Waals surface area contributed by atoms with Crippen molar-refractivity contribution in [2.24, 2.45) is 0 Å². The molecule has 1 aromatic heterocycles. The summed E-state index contributed by atoms with van der Waals surface area (Å²) in [4.78, 5) is 15.9. The van der Waals surface area contributed by atoms with Crippen LogP contribution in [0.2, 0.25) is 0 Å². The third kappa shape index (κ3) is 2.25. The van der Waals surface area contributed by atoms with Gasteiger partial charge in [0.05, 0.1) is 6.33 Å². The van der Waals surface area contributed by atoms with E-state index in [9.17, 15) is 4.79 Å². The van der Waals surface area contributed by atoms with Gasteiger partial charge in [-0.25, -0.2) is 4.98 Å². The van der Waals surface area contributed by atoms with E-state index in [0.29, 0.717) is 11.1 Å². The van der Waals surface area contributed by atoms with Crippen molar-refractivity contribution in [3.05, 3.63) is 60.2 Å². The van der Waals surface area contributed by atoms with Crippen LogP contribution in [-0.2, 0) is 0 Å². The lowest BCUT2D eigenvalue weighted by molar-refractivity contribution is 0.103. The fraction of sp³-hybridized carbons (Fsp3) is 0.0769. The van der Waals surface area contributed by atoms with Gasteiger partial charge >= 0.3 is 0 Å². The van der Waals surface area contributed by atoms with Gasteiger partial charge in [-0.1, -0.05) is 30.3 Å². The Morgan fingerprint density at radius 1 is 1.31 bits per heavy atom. The Morgan fingerprint density at radius 2 is 2.06 bits per heavy atom. The number of hydrogen-bond acceptors (Lipinski definition) is 2. The number of carbonyl (C=O) groups is 1. The third-order valence-electron chi connectivity index (χ3n) is 2.26. The first-order valence-corrected chi connectivity index (χ1v) is 5.03. The summed E-state index contributed by atoms with van der Waals surface area (Å²) in [5, 5.41) is 0. The minimum Gasteiger partial charge on any atom is -0.313 e. The molecule has 0 aliphatic rings. The zero-order valence-electron chi connectivity index (χ0n) is 9.00. The number of ketones is 1. The van der Waals surface area contributed by atoms with E-state index in [1.165, 1.54) is 0 Å². The van der Waals surface area contributed by atoms with Gasteiger partial charge in [-0.05, 0) is 6.92 Å². The average molecular weight is 212 g/mol. The number of imidazole rings is 1. The molecule has 0 spiro atoms. The summed E-state index contributed by atoms with van der Waals surface area (Å²) in [6.07, 6.45) is 6.89. The van der Waals surface area contributed by atoms with Gasteiger partial charge < -0.3 is 4.57 Å². The summed E-state index contributed by atoms with van der Waals surface area (Å²) in [7, 11) is 0. The second-order valence-electron chi connectivity index (χ2n) is 3.52. The van der Waals surface area contributed by atoms with Gasteiger partial charge in [-0.3, -0.25) is 4.79 Å². The predicted molar refractivity (Wildman–Crippen MR) is 62.9 cm³/mol. The first-order chi connectivity index (χ1) is 7.77. The van der Waals surface area contributed by atoms with Crippen LogP contribution < -0.4 is 0 Å². The molecule has 0 aliphatic heterocycles. The molecule has 0 aliphatic carbocycles. The standard InChI is InChI=1S/C13H12N2O/c1-11(9-15-8-7-14-10-15)13(16)12-5-3-2-4-6-12/h2-10H,1H3/b11-9+. The number of hydrogen-bond donors (Lipinski definition) is 0. The fourth-order valence-corrected chi connectivity index (χ4v) is 1.45. The highest BCUT2D eigenvalue weighted by molar-refractivity contribution is 6.10. The minimum absolute atomic E-state index is 0.0364. The van der Waals surface area contributed by atoms with Crippen molar-refractivity contribution in [2.75, 3.05) is 0 Å². The summed E-state index contributed by atoms with van der Waals surface area (Å²) in [6, 6.07) is 9.24. The number of benzene rings is 1. The van der Waals surface area contributed by atoms with E-state index >= 15 is 0 Å². The molecular formula is C13H12N2O. The molecule has 2 aromatic rings. The van der Waals surface area contributed by atoms with E-state index in [0.717, 1.165) is 0 Å². The van der Waals surface area contributed by atoms with Gasteiger partial charge in [0, 0.05) is 29.7 Å². The number of allylic oxidation sites excluding steroid dienone is 1. The molecule has 16 heavy (non-hydrogen) atoms. The molecule has 1 heterocycles. The van der Waals surface area contributed by atoms with Crippen LogP contribution in [-0.4, -0.2) is 15.3 Å². The van der Waals surface area contributed by atoms with E-state index in [-0.39, 0.29) is 5.78 Å². The van der Waals surface area contributed by atoms with Crippen LogP contribution in [0.3, 0.4) is 0 Å². The summed E-state index contributed by atoms with van der Waals surface area (Å²) in [5.41, 5.74) is 1.39. The van der Waals surface area contributed by atoms with Crippen molar-refractivity contribution in [3.8, 4) is 0 Å². The van der Waals surface area contributed by atoms with Crippen LogP contribution in [0.4, 0.5) is 0 Å². The predicted octanol–water partition coefficient (Wildman–Crippen LogP) is 2.63. The zero-order valence-corrected chi connectivity index (χ0v) is 9.00. The molecule has 0 unspecified atom stereocenters. The lowest BCUT2D eigenvalue weighted by Gasteiger charge is -2.01. The smallest absolute Gasteiger partial charge is 0.190 e. The maximum atomic E-state index is 12.0. The van der Waals surface area contributed by atoms with Crippen molar-refractivity contribution in [1.82, 2.24) is 9.55 Å². The molecule has 1 aromatic carbocycles. The largest absolute Gasteiger partial charge is 0.313 e. The Labute approximate surface area is 94.1 Å². The monoisotopic (exact) mass is 212 g/mol. The molecule has 0 fully saturated rings. The van der Waals surface area contributed by atoms with Crippen LogP contribution in [0.15, 0.2) is 54.6 Å². The summed E-state index contributed by atoms with van der Waals surface area (Å²) in [6.45, 7) is 1.80. The quantitative estimate of drug-likeness (QED) is 0.579. The lowest BCUT2D eigenvalue weighted by atomic mass is 10.1. The van der Waals surface area contributed by atoms with E-state index in [1.807, 2.05) is 30.3 Å². The van der Waals surface area contributed by atoms with E-state index in [1.54, 1.807) is 36.4 Å². The molecule has 80 valence electrons. The number of nitrogens with zero attached hydrogens (tertiary/aromatic N) is 2. The fourth-order valence-electron chi connectivity index (χ4n) is 1.45. The number of rotatable bonds is 3. The second kappa shape index (κ2) is 4.57. The Bertz CT molecular complexity index is 498. The summed E-state index contributed by atoms with van der Waals surface area (Å²) in [5.74, 6) is 0.0364. The van der Waals surface area contributed by atoms with Gasteiger partial charge in [0.25, 0.3) is 0 Å². The summed E-state index contributed by atoms with van der Waals surface area (Å²) < 4.78 is 1.76. The van der Waals surface area contributed by atoms with Crippen LogP contribution in [0.5, 0.6) is 0 Å². The molecule has 0 bridgehead atoms. The Kier molecular flexibility index (Phi) is 2.96. The number of aromatic nitrogens is 2. The highest BCUT2D eigenvalue weighted by atomic mass is 16.1. The number of carbonyl (C=O) groups excluding carboxylic acids is 1. The Hall–Kier alpha value is -2.16. The first kappa shape index (κ1) is 10.4. The topological polar surface area (TPSA) is 34.9 Å². The van der Waals surface area contributed by atoms with Crippen LogP contribution >= 0.6 is 0 Å². The van der Waals surface area contributed by atoms with E-state index < -0.39 is 0 Å². The molecular weight excluding hydrogens is 200 g/mol. The summed E-state index contributed by atoms with van der Waals surface area (Å²) >= 11 is 0. The van der Waals surface area contributed by atoms with Gasteiger partial charge in [-0.2, -0.15) is 0 Å². The van der Waals surface area contributed by atoms with Gasteiger partial charge in [0.2, 0.25) is 0 Å². The van der Waals surface area contributed by atoms with Gasteiger partial charge in [0.1, 0.15) is 0 Å². The second-order valence-corrected chi connectivity index (χ2v) is 3.52. The molecule has 0 radical (unpaired) electrons. The van der Waals surface area contributed by atoms with Crippen molar-refractivity contribution in [2.45, 2.75) is 6.92 Å². The maximum Gasteiger partial charge on any atom is 0.190 e. The minimum atomic E-state index is 0.0364. The molecule has 2 rings (SSSR count). The van der Waals surface area contributed by atoms with Crippen molar-refractivity contribution >= 4 is 12.0 Å². The van der Waals surface area contributed by atoms with Gasteiger partial charge in [0.15, 0.2) is 5.78 Å². The van der Waals surface area contributed by atoms with Crippen LogP contribution in [0.25, 0.3) is 6.20 Å². The van der Waals surface area contributed by atoms with Crippen molar-refractivity contribution in [1.29, 1.82) is 0 Å². The zero-order chi connectivity index (χ0) is 11.4. The molecule has 0 N–H and O–H groups in total. The van der Waals surface area contributed by atoms with Crippen LogP contribution in [0, 0.1) is 0 Å². The normalized spacial score (nSPS) is 11.4. The highest BCUT2D eigenvalue weighted by Crippen LogP contribution is 2.08. The molecule has 0 atom stereocenters. The lowest BCUT2D eigenvalue weighted by Crippen LogP contribution is -2.01. The molecule has 3 nitrogen and oxygen atoms in total. The van der Waals surface area contributed by atoms with Crippen molar-refractivity contribution in [3.63, 3.8) is 0 Å². The molecule has 3 heteroatoms. The first-order valence-electron chi connectivity index (χ1n) is 5.03. The van der Waals surface area contributed by atoms with E-state index in [2.05, 4.69) is 4.98 Å². The third-order valence-corrected chi connectivity index (χ3v) is 2.26. The molecule has 0 saturated heterocycles. The van der Waals surface area contributed by atoms with E-state index in [4.69, 9.17) is 0 Å². The van der Waals surface area contributed by atoms with Crippen LogP contribution in [0.1, 0.15) is 17.3 Å². The molecule has 0 amide bonds. The Balaban J connectivity index is 2.23. The highest BCUT2D eigenvalue weighted by Gasteiger charge is 2.06. The average Bonchev–Trinajstić information content (AvgIpc) is 2.82. The van der Waals surface area contributed by atoms with Crippen molar-refractivity contribution < 1.29 is 4.79 Å². The van der Waals surface area contributed by atoms with Gasteiger partial charge in [-0.15, -0.1) is 0 Å². The number of Topliss-reactive ketones (excluding diaryl/α,β-unsaturated/α-hetero) is 1. The maximum absolute atomic E-state index is 12.0. The SMILES string of the molecule is C/C(=C\n1ccnc1)C(=O)c1ccccc1. The molecule has 0 saturated carbocycles.